The zero-order valence-corrected chi connectivity index (χ0v) is 10.3. The fraction of sp³-hybridized carbons (Fsp3) is 1.00. The summed E-state index contributed by atoms with van der Waals surface area (Å²) in [5.74, 6) is 1.83. The van der Waals surface area contributed by atoms with Crippen LogP contribution < -0.4 is 0 Å². The molecule has 0 aromatic heterocycles. The number of hydrogen-bond acceptors (Lipinski definition) is 2. The number of hydrogen-bond donors (Lipinski definition) is 0. The van der Waals surface area contributed by atoms with Crippen molar-refractivity contribution in [2.45, 2.75) is 50.2 Å². The van der Waals surface area contributed by atoms with E-state index in [9.17, 15) is 0 Å². The molecule has 2 rings (SSSR count). The van der Waals surface area contributed by atoms with E-state index in [1.807, 2.05) is 18.9 Å². The van der Waals surface area contributed by atoms with Crippen molar-refractivity contribution in [3.05, 3.63) is 0 Å². The Hall–Kier alpha value is 0.375. The highest BCUT2D eigenvalue weighted by atomic mass is 32.2. The molecule has 0 amide bonds. The lowest BCUT2D eigenvalue weighted by Gasteiger charge is -2.58. The van der Waals surface area contributed by atoms with Crippen LogP contribution in [0.2, 0.25) is 11.6 Å². The van der Waals surface area contributed by atoms with Gasteiger partial charge in [-0.1, -0.05) is 38.5 Å². The molecular weight excluding hydrogens is 191 g/mol. The van der Waals surface area contributed by atoms with Gasteiger partial charge in [-0.25, -0.2) is 11.8 Å². The van der Waals surface area contributed by atoms with E-state index in [0.717, 1.165) is 11.6 Å². The van der Waals surface area contributed by atoms with Crippen LogP contribution in [0.3, 0.4) is 0 Å². The van der Waals surface area contributed by atoms with E-state index < -0.39 is 6.35 Å². The molecule has 0 aromatic carbocycles. The first kappa shape index (κ1) is 10.9. The molecule has 0 aliphatic carbocycles. The monoisotopic (exact) mass is 213 g/mol. The molecule has 0 saturated carbocycles. The van der Waals surface area contributed by atoms with Crippen LogP contribution in [-0.2, 0) is 4.65 Å². The van der Waals surface area contributed by atoms with Crippen molar-refractivity contribution in [3.8, 4) is 0 Å². The molecule has 0 radical (unpaired) electrons. The highest BCUT2D eigenvalue weighted by molar-refractivity contribution is 8.00. The van der Waals surface area contributed by atoms with Crippen molar-refractivity contribution in [1.82, 2.24) is 0 Å². The minimum atomic E-state index is -0.468. The van der Waals surface area contributed by atoms with Gasteiger partial charge < -0.3 is 4.65 Å². The fourth-order valence-electron chi connectivity index (χ4n) is 4.07. The van der Waals surface area contributed by atoms with Crippen LogP contribution in [0.1, 0.15) is 38.5 Å². The van der Waals surface area contributed by atoms with Crippen LogP contribution in [0.15, 0.2) is 0 Å². The Labute approximate surface area is 92.3 Å². The van der Waals surface area contributed by atoms with E-state index in [1.165, 1.54) is 44.2 Å². The van der Waals surface area contributed by atoms with E-state index in [1.54, 1.807) is 0 Å². The van der Waals surface area contributed by atoms with E-state index >= 15 is 0 Å². The molecule has 0 aromatic rings. The third-order valence-electron chi connectivity index (χ3n) is 4.76. The minimum absolute atomic E-state index is 0.468. The molecular formula is C11H22BOS-. The summed E-state index contributed by atoms with van der Waals surface area (Å²) in [6.45, 7) is 0. The second-order valence-electron chi connectivity index (χ2n) is 5.18. The van der Waals surface area contributed by atoms with Crippen LogP contribution >= 0.6 is 11.8 Å². The molecule has 2 aliphatic rings. The first-order valence-electron chi connectivity index (χ1n) is 6.05. The molecule has 0 N–H and O–H groups in total. The summed E-state index contributed by atoms with van der Waals surface area (Å²) in [5.41, 5.74) is 1.27. The molecule has 0 atom stereocenters. The van der Waals surface area contributed by atoms with Crippen LogP contribution in [-0.4, -0.2) is 25.4 Å². The summed E-state index contributed by atoms with van der Waals surface area (Å²) >= 11 is 1.99. The lowest BCUT2D eigenvalue weighted by atomic mass is 9.21. The van der Waals surface area contributed by atoms with Gasteiger partial charge in [0.05, 0.1) is 0 Å². The molecule has 3 heteroatoms. The van der Waals surface area contributed by atoms with Crippen molar-refractivity contribution in [3.63, 3.8) is 0 Å². The van der Waals surface area contributed by atoms with Crippen molar-refractivity contribution < 1.29 is 4.65 Å². The predicted molar refractivity (Wildman–Crippen MR) is 66.3 cm³/mol. The topological polar surface area (TPSA) is 9.23 Å². The predicted octanol–water partition coefficient (Wildman–Crippen LogP) is 3.59. The van der Waals surface area contributed by atoms with Crippen LogP contribution in [0.4, 0.5) is 0 Å². The standard InChI is InChI=1S/C11H22BOS/c1-13-12(9-14-2)10-5-3-6-11(12)8-4-7-10/h10-11H,3-9H2,1-2H3/q-1. The lowest BCUT2D eigenvalue weighted by molar-refractivity contribution is 0.302. The van der Waals surface area contributed by atoms with Gasteiger partial charge in [-0.05, 0) is 13.4 Å². The highest BCUT2D eigenvalue weighted by Gasteiger charge is 2.43. The Morgan fingerprint density at radius 3 is 2.00 bits per heavy atom. The summed E-state index contributed by atoms with van der Waals surface area (Å²) < 4.78 is 6.03. The normalized spacial score (nSPS) is 42.4. The molecule has 2 aliphatic heterocycles. The Balaban J connectivity index is 2.19. The average molecular weight is 213 g/mol. The quantitative estimate of drug-likeness (QED) is 0.662. The van der Waals surface area contributed by atoms with Crippen LogP contribution in [0.25, 0.3) is 0 Å². The first-order chi connectivity index (χ1) is 6.83. The second-order valence-corrected chi connectivity index (χ2v) is 6.09. The average Bonchev–Trinajstić information content (AvgIpc) is 2.17. The second kappa shape index (κ2) is 4.48. The Bertz CT molecular complexity index is 176. The van der Waals surface area contributed by atoms with E-state index in [2.05, 4.69) is 6.26 Å². The van der Waals surface area contributed by atoms with Gasteiger partial charge in [-0.3, -0.25) is 0 Å². The summed E-state index contributed by atoms with van der Waals surface area (Å²) in [6, 6.07) is 0. The van der Waals surface area contributed by atoms with Crippen molar-refractivity contribution in [2.24, 2.45) is 0 Å². The lowest BCUT2D eigenvalue weighted by Crippen LogP contribution is -2.54. The molecule has 2 heterocycles. The third-order valence-corrected chi connectivity index (χ3v) is 5.62. The molecule has 2 fully saturated rings. The maximum atomic E-state index is 6.03. The SMILES string of the molecule is CO[B-]1(CSC)C2CCCC1CCC2. The van der Waals surface area contributed by atoms with Crippen LogP contribution in [0, 0.1) is 0 Å². The summed E-state index contributed by atoms with van der Waals surface area (Å²) in [5, 5.41) is 0. The molecule has 14 heavy (non-hydrogen) atoms. The van der Waals surface area contributed by atoms with E-state index in [-0.39, 0.29) is 0 Å². The Kier molecular flexibility index (Phi) is 3.48. The smallest absolute Gasteiger partial charge is 0.129 e. The van der Waals surface area contributed by atoms with Crippen molar-refractivity contribution >= 4 is 18.1 Å². The summed E-state index contributed by atoms with van der Waals surface area (Å²) in [4.78, 5) is 0. The molecule has 1 nitrogen and oxygen atoms in total. The number of rotatable bonds is 3. The largest absolute Gasteiger partial charge is 0.591 e. The minimum Gasteiger partial charge on any atom is -0.591 e. The van der Waals surface area contributed by atoms with Gasteiger partial charge in [0, 0.05) is 0 Å². The van der Waals surface area contributed by atoms with Gasteiger partial charge in [0.25, 0.3) is 0 Å². The first-order valence-corrected chi connectivity index (χ1v) is 7.44. The molecule has 0 unspecified atom stereocenters. The van der Waals surface area contributed by atoms with Gasteiger partial charge in [0.1, 0.15) is 6.35 Å². The van der Waals surface area contributed by atoms with Gasteiger partial charge in [-0.2, -0.15) is 0 Å². The maximum absolute atomic E-state index is 6.03. The third kappa shape index (κ3) is 1.63. The number of thioether (sulfide) groups is 1. The summed E-state index contributed by atoms with van der Waals surface area (Å²) in [7, 11) is 1.97. The maximum Gasteiger partial charge on any atom is 0.129 e. The zero-order chi connectivity index (χ0) is 10.0. The molecule has 2 saturated heterocycles. The number of fused-ring (bicyclic) bond motifs is 2. The molecule has 0 spiro atoms. The fourth-order valence-corrected chi connectivity index (χ4v) is 5.27. The summed E-state index contributed by atoms with van der Waals surface area (Å²) in [6.07, 6.45) is 10.4. The van der Waals surface area contributed by atoms with Gasteiger partial charge in [0.2, 0.25) is 0 Å². The van der Waals surface area contributed by atoms with Crippen molar-refractivity contribution in [2.75, 3.05) is 19.0 Å². The van der Waals surface area contributed by atoms with Crippen LogP contribution in [0.5, 0.6) is 0 Å². The van der Waals surface area contributed by atoms with Gasteiger partial charge >= 0.3 is 0 Å². The van der Waals surface area contributed by atoms with Gasteiger partial charge in [-0.15, -0.1) is 17.3 Å². The van der Waals surface area contributed by atoms with E-state index in [0.29, 0.717) is 0 Å². The Morgan fingerprint density at radius 2 is 1.64 bits per heavy atom. The zero-order valence-electron chi connectivity index (χ0n) is 9.50. The van der Waals surface area contributed by atoms with E-state index in [4.69, 9.17) is 4.65 Å². The van der Waals surface area contributed by atoms with Crippen molar-refractivity contribution in [1.29, 1.82) is 0 Å². The highest BCUT2D eigenvalue weighted by Crippen LogP contribution is 2.53. The molecule has 2 bridgehead atoms. The van der Waals surface area contributed by atoms with Gasteiger partial charge in [0.15, 0.2) is 0 Å². The molecule has 82 valence electrons. The Morgan fingerprint density at radius 1 is 1.14 bits per heavy atom.